The van der Waals surface area contributed by atoms with E-state index < -0.39 is 47.3 Å². The molecular weight excluding hydrogens is 720 g/mol. The summed E-state index contributed by atoms with van der Waals surface area (Å²) < 4.78 is 4.68. The summed E-state index contributed by atoms with van der Waals surface area (Å²) in [5.74, 6) is 0.339. The van der Waals surface area contributed by atoms with Crippen LogP contribution in [0.3, 0.4) is 0 Å². The van der Waals surface area contributed by atoms with Gasteiger partial charge in [0.15, 0.2) is 0 Å². The number of alkyl carbamates (subject to hydrolysis) is 1. The molecule has 2 fully saturated rings. The Bertz CT molecular complexity index is 2050. The van der Waals surface area contributed by atoms with E-state index in [1.54, 1.807) is 22.2 Å². The average Bonchev–Trinajstić information content (AvgIpc) is 3.99. The number of benzene rings is 2. The molecule has 0 radical (unpaired) electrons. The molecular formula is C40H50N8O8. The number of carbonyl (C=O) groups is 4. The number of aromatic amines is 2. The van der Waals surface area contributed by atoms with Crippen molar-refractivity contribution in [2.45, 2.75) is 88.7 Å². The van der Waals surface area contributed by atoms with Crippen LogP contribution < -0.4 is 5.32 Å². The first-order chi connectivity index (χ1) is 26.5. The van der Waals surface area contributed by atoms with Crippen LogP contribution in [0.15, 0.2) is 60.9 Å². The van der Waals surface area contributed by atoms with E-state index in [0.717, 1.165) is 51.4 Å². The van der Waals surface area contributed by atoms with Gasteiger partial charge in [0, 0.05) is 20.1 Å². The van der Waals surface area contributed by atoms with Crippen molar-refractivity contribution in [3.63, 3.8) is 0 Å². The number of carbonyl (C=O) groups excluding carboxylic acids is 3. The van der Waals surface area contributed by atoms with Crippen LogP contribution in [0.1, 0.15) is 77.1 Å². The van der Waals surface area contributed by atoms with Crippen molar-refractivity contribution in [3.05, 3.63) is 72.6 Å². The molecule has 1 unspecified atom stereocenters. The van der Waals surface area contributed by atoms with Gasteiger partial charge in [-0.3, -0.25) is 14.5 Å². The number of likely N-dealkylation sites (tertiary alicyclic amines) is 2. The van der Waals surface area contributed by atoms with E-state index in [1.807, 2.05) is 48.5 Å². The number of rotatable bonds is 11. The normalized spacial score (nSPS) is 18.4. The molecule has 0 bridgehead atoms. The summed E-state index contributed by atoms with van der Waals surface area (Å²) in [4.78, 5) is 70.9. The van der Waals surface area contributed by atoms with Gasteiger partial charge < -0.3 is 45.1 Å². The van der Waals surface area contributed by atoms with Crippen LogP contribution >= 0.6 is 0 Å². The van der Waals surface area contributed by atoms with Gasteiger partial charge in [0.1, 0.15) is 23.7 Å². The Hall–Kier alpha value is -5.74. The van der Waals surface area contributed by atoms with Crippen molar-refractivity contribution in [1.82, 2.24) is 40.0 Å². The highest BCUT2D eigenvalue weighted by atomic mass is 16.5. The number of hydrogen-bond donors (Lipinski definition) is 6. The monoisotopic (exact) mass is 770 g/mol. The Labute approximate surface area is 324 Å². The molecule has 56 heavy (non-hydrogen) atoms. The molecule has 0 saturated carbocycles. The maximum atomic E-state index is 13.6. The first kappa shape index (κ1) is 39.9. The molecule has 4 heterocycles. The number of carboxylic acid groups (broad SMARTS) is 1. The van der Waals surface area contributed by atoms with E-state index in [-0.39, 0.29) is 12.1 Å². The molecule has 0 aliphatic carbocycles. The zero-order chi connectivity index (χ0) is 40.5. The number of nitrogens with zero attached hydrogens (tertiary/aromatic N) is 5. The van der Waals surface area contributed by atoms with E-state index >= 15 is 0 Å². The molecule has 2 aromatic heterocycles. The lowest BCUT2D eigenvalue weighted by atomic mass is 9.96. The minimum absolute atomic E-state index is 0.347. The number of likely N-dealkylation sites (N-methyl/N-ethyl adjacent to an activating group) is 1. The summed E-state index contributed by atoms with van der Waals surface area (Å²) in [6, 6.07) is 12.8. The van der Waals surface area contributed by atoms with Crippen LogP contribution in [0, 0.1) is 0 Å². The molecule has 0 spiro atoms. The van der Waals surface area contributed by atoms with Crippen LogP contribution in [0.25, 0.3) is 33.6 Å². The lowest BCUT2D eigenvalue weighted by Crippen LogP contribution is -2.58. The second kappa shape index (κ2) is 15.8. The fourth-order valence-electron chi connectivity index (χ4n) is 7.71. The minimum atomic E-state index is -1.59. The number of nitrogens with one attached hydrogen (secondary N) is 3. The largest absolute Gasteiger partial charge is 0.465 e. The maximum Gasteiger partial charge on any atom is 0.407 e. The smallest absolute Gasteiger partial charge is 0.407 e. The number of methoxy groups -OCH3 is 1. The maximum absolute atomic E-state index is 13.6. The summed E-state index contributed by atoms with van der Waals surface area (Å²) in [6.07, 6.45) is 4.16. The van der Waals surface area contributed by atoms with Gasteiger partial charge in [-0.2, -0.15) is 0 Å². The van der Waals surface area contributed by atoms with Gasteiger partial charge in [-0.05, 0) is 75.6 Å². The number of aliphatic hydroxyl groups is 2. The van der Waals surface area contributed by atoms with E-state index in [4.69, 9.17) is 0 Å². The quantitative estimate of drug-likeness (QED) is 0.124. The lowest BCUT2D eigenvalue weighted by molar-refractivity contribution is -0.145. The fourth-order valence-corrected chi connectivity index (χ4v) is 7.71. The topological polar surface area (TPSA) is 217 Å². The van der Waals surface area contributed by atoms with Crippen molar-refractivity contribution in [2.24, 2.45) is 0 Å². The molecule has 2 aliphatic rings. The highest BCUT2D eigenvalue weighted by Gasteiger charge is 2.45. The molecule has 4 aromatic rings. The number of aromatic nitrogens is 4. The molecule has 16 heteroatoms. The van der Waals surface area contributed by atoms with Crippen LogP contribution in [0.4, 0.5) is 9.59 Å². The number of ether oxygens (including phenoxy) is 1. The predicted molar refractivity (Wildman–Crippen MR) is 206 cm³/mol. The molecule has 6 N–H and O–H groups in total. The lowest BCUT2D eigenvalue weighted by Gasteiger charge is -2.37. The number of hydrogen-bond acceptors (Lipinski definition) is 9. The summed E-state index contributed by atoms with van der Waals surface area (Å²) in [7, 11) is 2.49. The van der Waals surface area contributed by atoms with Crippen molar-refractivity contribution < 1.29 is 39.2 Å². The zero-order valence-corrected chi connectivity index (χ0v) is 32.4. The fraction of sp³-hybridized carbons (Fsp3) is 0.450. The van der Waals surface area contributed by atoms with Crippen molar-refractivity contribution in [3.8, 4) is 33.6 Å². The number of H-pyrrole nitrogens is 2. The summed E-state index contributed by atoms with van der Waals surface area (Å²) in [6.45, 7) is 6.68. The van der Waals surface area contributed by atoms with Crippen molar-refractivity contribution >= 4 is 24.0 Å². The van der Waals surface area contributed by atoms with E-state index in [2.05, 4.69) is 30.0 Å². The van der Waals surface area contributed by atoms with E-state index in [0.29, 0.717) is 37.6 Å². The van der Waals surface area contributed by atoms with Crippen LogP contribution in [-0.2, 0) is 14.3 Å². The second-order valence-electron chi connectivity index (χ2n) is 15.6. The Morgan fingerprint density at radius 2 is 1.20 bits per heavy atom. The molecule has 4 atom stereocenters. The molecule has 298 valence electrons. The van der Waals surface area contributed by atoms with Crippen LogP contribution in [0.2, 0.25) is 0 Å². The molecule has 4 amide bonds. The highest BCUT2D eigenvalue weighted by molar-refractivity contribution is 5.88. The second-order valence-corrected chi connectivity index (χ2v) is 15.6. The number of imidazole rings is 2. The third-order valence-electron chi connectivity index (χ3n) is 10.6. The van der Waals surface area contributed by atoms with Gasteiger partial charge in [-0.15, -0.1) is 0 Å². The molecule has 2 aromatic carbocycles. The standard InChI is InChI=1S/C40H50N8O8/c1-39(2,54)31(45-37(51)56-6)35(49)47-19-7-9-29(47)33-41-21-27(43-33)25-15-11-23(12-16-25)24-13-17-26(18-14-24)28-22-42-34(44-28)30-10-8-20-48(30)36(50)32(40(3,4)55)46(5)38(52)53/h11-18,21-22,29-32,54-55H,7-10,19-20H2,1-6H3,(H,41,43)(H,42,44)(H,45,51)(H,52,53)/t29?,30-,31+,32+/m0/s1. The van der Waals surface area contributed by atoms with Gasteiger partial charge in [0.2, 0.25) is 11.8 Å². The first-order valence-electron chi connectivity index (χ1n) is 18.6. The summed E-state index contributed by atoms with van der Waals surface area (Å²) in [5.41, 5.74) is 2.27. The predicted octanol–water partition coefficient (Wildman–Crippen LogP) is 4.71. The molecule has 2 aliphatic heterocycles. The molecule has 2 saturated heterocycles. The minimum Gasteiger partial charge on any atom is -0.465 e. The Balaban J connectivity index is 1.12. The zero-order valence-electron chi connectivity index (χ0n) is 32.4. The van der Waals surface area contributed by atoms with Crippen molar-refractivity contribution in [1.29, 1.82) is 0 Å². The summed E-state index contributed by atoms with van der Waals surface area (Å²) >= 11 is 0. The molecule has 16 nitrogen and oxygen atoms in total. The summed E-state index contributed by atoms with van der Waals surface area (Å²) in [5, 5.41) is 33.4. The van der Waals surface area contributed by atoms with Gasteiger partial charge >= 0.3 is 12.2 Å². The van der Waals surface area contributed by atoms with Crippen molar-refractivity contribution in [2.75, 3.05) is 27.2 Å². The van der Waals surface area contributed by atoms with Crippen LogP contribution in [0.5, 0.6) is 0 Å². The molecule has 6 rings (SSSR count). The average molecular weight is 771 g/mol. The van der Waals surface area contributed by atoms with E-state index in [9.17, 15) is 34.5 Å². The number of amides is 4. The van der Waals surface area contributed by atoms with Gasteiger partial charge in [0.05, 0.1) is 54.2 Å². The Kier molecular flexibility index (Phi) is 11.3. The van der Waals surface area contributed by atoms with Gasteiger partial charge in [-0.1, -0.05) is 48.5 Å². The van der Waals surface area contributed by atoms with E-state index in [1.165, 1.54) is 41.9 Å². The highest BCUT2D eigenvalue weighted by Crippen LogP contribution is 2.36. The van der Waals surface area contributed by atoms with Crippen LogP contribution in [-0.4, -0.2) is 124 Å². The Morgan fingerprint density at radius 1 is 0.768 bits per heavy atom. The van der Waals surface area contributed by atoms with Gasteiger partial charge in [-0.25, -0.2) is 19.6 Å². The first-order valence-corrected chi connectivity index (χ1v) is 18.6. The van der Waals surface area contributed by atoms with Gasteiger partial charge in [0.25, 0.3) is 0 Å². The third kappa shape index (κ3) is 8.26. The Morgan fingerprint density at radius 3 is 1.59 bits per heavy atom. The SMILES string of the molecule is COC(=O)N[C@H](C(=O)N1CCCC1c1ncc(-c2ccc(-c3ccc(-c4cnc([C@@H]5CCCN5C(=O)[C@@H](N(C)C(=O)O)C(C)(C)O)[nH]4)cc3)cc2)[nH]1)C(C)(C)O. The third-order valence-corrected chi connectivity index (χ3v) is 10.6.